The summed E-state index contributed by atoms with van der Waals surface area (Å²) < 4.78 is 6.09. The molecule has 0 spiro atoms. The van der Waals surface area contributed by atoms with Gasteiger partial charge in [0.1, 0.15) is 0 Å². The van der Waals surface area contributed by atoms with Gasteiger partial charge in [0.25, 0.3) is 0 Å². The number of nitrogens with two attached hydrogens (primary N) is 1. The van der Waals surface area contributed by atoms with Crippen LogP contribution in [0.1, 0.15) is 51.4 Å². The van der Waals surface area contributed by atoms with Gasteiger partial charge in [-0.05, 0) is 50.5 Å². The fourth-order valence-corrected chi connectivity index (χ4v) is 3.16. The van der Waals surface area contributed by atoms with Gasteiger partial charge in [-0.25, -0.2) is 0 Å². The van der Waals surface area contributed by atoms with Crippen molar-refractivity contribution in [3.63, 3.8) is 0 Å². The van der Waals surface area contributed by atoms with Gasteiger partial charge in [-0.15, -0.1) is 0 Å². The Balaban J connectivity index is 1.74. The number of hydrogen-bond donors (Lipinski definition) is 1. The molecular formula is C15H27NO. The van der Waals surface area contributed by atoms with Gasteiger partial charge in [0, 0.05) is 0 Å². The van der Waals surface area contributed by atoms with Crippen LogP contribution in [-0.4, -0.2) is 19.3 Å². The second-order valence-electron chi connectivity index (χ2n) is 5.62. The molecule has 0 saturated heterocycles. The molecule has 17 heavy (non-hydrogen) atoms. The Hall–Kier alpha value is -0.340. The van der Waals surface area contributed by atoms with E-state index in [1.807, 2.05) is 0 Å². The lowest BCUT2D eigenvalue weighted by Gasteiger charge is -2.22. The van der Waals surface area contributed by atoms with Crippen LogP contribution in [0.3, 0.4) is 0 Å². The van der Waals surface area contributed by atoms with E-state index in [4.69, 9.17) is 10.5 Å². The van der Waals surface area contributed by atoms with E-state index in [9.17, 15) is 0 Å². The van der Waals surface area contributed by atoms with Crippen LogP contribution in [0.5, 0.6) is 0 Å². The predicted molar refractivity (Wildman–Crippen MR) is 71.9 cm³/mol. The smallest absolute Gasteiger partial charge is 0.0755 e. The monoisotopic (exact) mass is 237 g/mol. The maximum absolute atomic E-state index is 6.09. The molecule has 2 aliphatic rings. The second kappa shape index (κ2) is 7.17. The first-order chi connectivity index (χ1) is 8.40. The van der Waals surface area contributed by atoms with E-state index in [0.29, 0.717) is 12.0 Å². The van der Waals surface area contributed by atoms with Crippen LogP contribution in [0, 0.1) is 11.8 Å². The third kappa shape index (κ3) is 4.11. The average Bonchev–Trinajstić information content (AvgIpc) is 2.75. The van der Waals surface area contributed by atoms with Crippen molar-refractivity contribution in [2.24, 2.45) is 17.6 Å². The molecule has 0 radical (unpaired) electrons. The fraction of sp³-hybridized carbons (Fsp3) is 0.867. The molecule has 0 aromatic carbocycles. The van der Waals surface area contributed by atoms with Crippen LogP contribution in [0.15, 0.2) is 12.2 Å². The zero-order valence-corrected chi connectivity index (χ0v) is 10.9. The average molecular weight is 237 g/mol. The summed E-state index contributed by atoms with van der Waals surface area (Å²) in [6.45, 7) is 1.77. The first kappa shape index (κ1) is 13.1. The van der Waals surface area contributed by atoms with Crippen molar-refractivity contribution in [1.29, 1.82) is 0 Å². The molecule has 2 rings (SSSR count). The van der Waals surface area contributed by atoms with Gasteiger partial charge in [-0.2, -0.15) is 0 Å². The molecule has 3 unspecified atom stereocenters. The highest BCUT2D eigenvalue weighted by atomic mass is 16.5. The summed E-state index contributed by atoms with van der Waals surface area (Å²) in [5, 5.41) is 0. The molecule has 0 amide bonds. The van der Waals surface area contributed by atoms with Crippen molar-refractivity contribution < 1.29 is 4.74 Å². The Kier molecular flexibility index (Phi) is 5.53. The standard InChI is InChI=1S/C15H27NO/c16-11-13-7-6-8-14(13)12-17-15-9-4-2-1-3-5-10-15/h4,9,13-15H,1-3,5-8,10-12,16H2/b9-4+. The molecule has 0 bridgehead atoms. The predicted octanol–water partition coefficient (Wildman–Crippen LogP) is 3.27. The Morgan fingerprint density at radius 3 is 2.76 bits per heavy atom. The first-order valence-electron chi connectivity index (χ1n) is 7.38. The van der Waals surface area contributed by atoms with E-state index in [2.05, 4.69) is 12.2 Å². The lowest BCUT2D eigenvalue weighted by molar-refractivity contribution is 0.0411. The van der Waals surface area contributed by atoms with Crippen LogP contribution in [0.2, 0.25) is 0 Å². The van der Waals surface area contributed by atoms with Gasteiger partial charge < -0.3 is 10.5 Å². The van der Waals surface area contributed by atoms with Gasteiger partial charge >= 0.3 is 0 Å². The van der Waals surface area contributed by atoms with Crippen LogP contribution in [0.4, 0.5) is 0 Å². The fourth-order valence-electron chi connectivity index (χ4n) is 3.16. The van der Waals surface area contributed by atoms with Crippen molar-refractivity contribution in [2.75, 3.05) is 13.2 Å². The summed E-state index contributed by atoms with van der Waals surface area (Å²) in [6, 6.07) is 0. The molecule has 1 saturated carbocycles. The highest BCUT2D eigenvalue weighted by molar-refractivity contribution is 4.91. The van der Waals surface area contributed by atoms with E-state index in [0.717, 1.165) is 19.1 Å². The largest absolute Gasteiger partial charge is 0.374 e. The topological polar surface area (TPSA) is 35.2 Å². The molecule has 1 fully saturated rings. The van der Waals surface area contributed by atoms with Crippen LogP contribution in [-0.2, 0) is 4.74 Å². The molecule has 2 heteroatoms. The van der Waals surface area contributed by atoms with Gasteiger partial charge in [0.05, 0.1) is 12.7 Å². The van der Waals surface area contributed by atoms with Crippen LogP contribution >= 0.6 is 0 Å². The summed E-state index contributed by atoms with van der Waals surface area (Å²) in [4.78, 5) is 0. The number of hydrogen-bond acceptors (Lipinski definition) is 2. The molecule has 3 atom stereocenters. The first-order valence-corrected chi connectivity index (χ1v) is 7.38. The summed E-state index contributed by atoms with van der Waals surface area (Å²) in [7, 11) is 0. The molecule has 0 aromatic rings. The highest BCUT2D eigenvalue weighted by Gasteiger charge is 2.26. The molecule has 2 aliphatic carbocycles. The molecular weight excluding hydrogens is 210 g/mol. The quantitative estimate of drug-likeness (QED) is 0.762. The van der Waals surface area contributed by atoms with Crippen molar-refractivity contribution in [3.05, 3.63) is 12.2 Å². The zero-order chi connectivity index (χ0) is 11.9. The van der Waals surface area contributed by atoms with Gasteiger partial charge in [0.15, 0.2) is 0 Å². The highest BCUT2D eigenvalue weighted by Crippen LogP contribution is 2.31. The number of allylic oxidation sites excluding steroid dienone is 1. The normalized spacial score (nSPS) is 36.4. The van der Waals surface area contributed by atoms with E-state index >= 15 is 0 Å². The molecule has 2 N–H and O–H groups in total. The molecule has 98 valence electrons. The van der Waals surface area contributed by atoms with Gasteiger partial charge in [-0.1, -0.05) is 31.4 Å². The molecule has 0 aromatic heterocycles. The number of rotatable bonds is 4. The summed E-state index contributed by atoms with van der Waals surface area (Å²) in [5.74, 6) is 1.44. The Morgan fingerprint density at radius 1 is 1.00 bits per heavy atom. The summed E-state index contributed by atoms with van der Waals surface area (Å²) >= 11 is 0. The Bertz CT molecular complexity index is 239. The maximum atomic E-state index is 6.09. The third-order valence-corrected chi connectivity index (χ3v) is 4.35. The van der Waals surface area contributed by atoms with Crippen molar-refractivity contribution in [2.45, 2.75) is 57.5 Å². The Morgan fingerprint density at radius 2 is 1.88 bits per heavy atom. The second-order valence-corrected chi connectivity index (χ2v) is 5.62. The van der Waals surface area contributed by atoms with Crippen molar-refractivity contribution >= 4 is 0 Å². The van der Waals surface area contributed by atoms with Crippen LogP contribution in [0.25, 0.3) is 0 Å². The maximum Gasteiger partial charge on any atom is 0.0755 e. The summed E-state index contributed by atoms with van der Waals surface area (Å²) in [5.41, 5.74) is 5.81. The lowest BCUT2D eigenvalue weighted by atomic mass is 9.97. The molecule has 2 nitrogen and oxygen atoms in total. The minimum Gasteiger partial charge on any atom is -0.374 e. The van der Waals surface area contributed by atoms with E-state index < -0.39 is 0 Å². The number of ether oxygens (including phenoxy) is 1. The third-order valence-electron chi connectivity index (χ3n) is 4.35. The van der Waals surface area contributed by atoms with E-state index in [1.54, 1.807) is 0 Å². The van der Waals surface area contributed by atoms with Gasteiger partial charge in [-0.3, -0.25) is 0 Å². The van der Waals surface area contributed by atoms with E-state index in [-0.39, 0.29) is 0 Å². The lowest BCUT2D eigenvalue weighted by Crippen LogP contribution is -2.24. The summed E-state index contributed by atoms with van der Waals surface area (Å²) in [6.07, 6.45) is 15.4. The SMILES string of the molecule is NCC1CCCC1COC1/C=C/CCCCC1. The van der Waals surface area contributed by atoms with Crippen molar-refractivity contribution in [3.8, 4) is 0 Å². The van der Waals surface area contributed by atoms with E-state index in [1.165, 1.54) is 51.4 Å². The van der Waals surface area contributed by atoms with Crippen molar-refractivity contribution in [1.82, 2.24) is 0 Å². The minimum absolute atomic E-state index is 0.370. The molecule has 0 heterocycles. The van der Waals surface area contributed by atoms with Crippen LogP contribution < -0.4 is 5.73 Å². The molecule has 0 aliphatic heterocycles. The Labute approximate surface area is 106 Å². The minimum atomic E-state index is 0.370. The zero-order valence-electron chi connectivity index (χ0n) is 10.9. The van der Waals surface area contributed by atoms with Gasteiger partial charge in [0.2, 0.25) is 0 Å².